The average Bonchev–Trinajstić information content (AvgIpc) is 2.64. The quantitative estimate of drug-likeness (QED) is 0.421. The van der Waals surface area contributed by atoms with Crippen LogP contribution in [-0.4, -0.2) is 17.8 Å². The van der Waals surface area contributed by atoms with E-state index >= 15 is 0 Å². The zero-order valence-corrected chi connectivity index (χ0v) is 16.4. The Morgan fingerprint density at radius 1 is 1.00 bits per heavy atom. The minimum absolute atomic E-state index is 0.0892. The molecule has 0 N–H and O–H groups in total. The second-order valence-corrected chi connectivity index (χ2v) is 7.42. The Hall–Kier alpha value is -1.90. The zero-order chi connectivity index (χ0) is 18.8. The van der Waals surface area contributed by atoms with Crippen molar-refractivity contribution >= 4 is 0 Å². The molecule has 0 aliphatic heterocycles. The van der Waals surface area contributed by atoms with E-state index in [4.69, 9.17) is 4.74 Å². The van der Waals surface area contributed by atoms with Crippen molar-refractivity contribution in [3.05, 3.63) is 48.2 Å². The molecule has 1 atom stereocenters. The number of benzene rings is 1. The number of hydrogen-bond donors (Lipinski definition) is 0. The number of halogens is 1. The Balaban J connectivity index is 1.85. The molecule has 2 aromatic rings. The molecular formula is C23H32FNO. The van der Waals surface area contributed by atoms with Crippen LogP contribution in [0.15, 0.2) is 42.6 Å². The van der Waals surface area contributed by atoms with E-state index < -0.39 is 6.17 Å². The SMILES string of the molecule is CCCCCCc1ccc(-c2ccc(OCC(F)CC(C)C)cn2)cc1. The Bertz CT molecular complexity index is 622. The number of unbranched alkanes of at least 4 members (excludes halogenated alkanes) is 3. The van der Waals surface area contributed by atoms with Gasteiger partial charge < -0.3 is 4.74 Å². The van der Waals surface area contributed by atoms with Gasteiger partial charge in [0, 0.05) is 5.56 Å². The van der Waals surface area contributed by atoms with E-state index in [0.717, 1.165) is 17.7 Å². The van der Waals surface area contributed by atoms with E-state index in [0.29, 0.717) is 18.1 Å². The molecule has 0 aliphatic rings. The molecule has 0 aliphatic carbocycles. The Labute approximate surface area is 157 Å². The molecule has 3 heteroatoms. The van der Waals surface area contributed by atoms with Gasteiger partial charge in [0.15, 0.2) is 0 Å². The fourth-order valence-electron chi connectivity index (χ4n) is 3.00. The van der Waals surface area contributed by atoms with Gasteiger partial charge >= 0.3 is 0 Å². The summed E-state index contributed by atoms with van der Waals surface area (Å²) in [5.74, 6) is 0.955. The fourth-order valence-corrected chi connectivity index (χ4v) is 3.00. The van der Waals surface area contributed by atoms with E-state index in [1.54, 1.807) is 6.20 Å². The van der Waals surface area contributed by atoms with E-state index in [9.17, 15) is 4.39 Å². The lowest BCUT2D eigenvalue weighted by atomic mass is 10.0. The highest BCUT2D eigenvalue weighted by atomic mass is 19.1. The van der Waals surface area contributed by atoms with Gasteiger partial charge in [-0.3, -0.25) is 4.98 Å². The molecule has 0 saturated carbocycles. The Kier molecular flexibility index (Phi) is 8.60. The number of aryl methyl sites for hydroxylation is 1. The minimum Gasteiger partial charge on any atom is -0.489 e. The molecule has 0 fully saturated rings. The van der Waals surface area contributed by atoms with E-state index in [-0.39, 0.29) is 6.61 Å². The van der Waals surface area contributed by atoms with Crippen molar-refractivity contribution in [1.29, 1.82) is 0 Å². The summed E-state index contributed by atoms with van der Waals surface area (Å²) in [6.45, 7) is 6.35. The van der Waals surface area contributed by atoms with Gasteiger partial charge in [-0.1, -0.05) is 64.3 Å². The zero-order valence-electron chi connectivity index (χ0n) is 16.4. The summed E-state index contributed by atoms with van der Waals surface area (Å²) in [7, 11) is 0. The molecule has 2 nitrogen and oxygen atoms in total. The van der Waals surface area contributed by atoms with Crippen molar-refractivity contribution in [1.82, 2.24) is 4.98 Å². The highest BCUT2D eigenvalue weighted by Gasteiger charge is 2.10. The first-order valence-electron chi connectivity index (χ1n) is 9.90. The standard InChI is InChI=1S/C23H32FNO/c1-4-5-6-7-8-19-9-11-20(12-10-19)23-14-13-22(16-25-23)26-17-21(24)15-18(2)3/h9-14,16,18,21H,4-8,15,17H2,1-3H3. The largest absolute Gasteiger partial charge is 0.489 e. The van der Waals surface area contributed by atoms with Crippen LogP contribution in [0, 0.1) is 5.92 Å². The van der Waals surface area contributed by atoms with Crippen LogP contribution in [0.5, 0.6) is 5.75 Å². The maximum Gasteiger partial charge on any atom is 0.137 e. The number of pyridine rings is 1. The van der Waals surface area contributed by atoms with E-state index in [1.807, 2.05) is 26.0 Å². The van der Waals surface area contributed by atoms with Crippen molar-refractivity contribution in [3.8, 4) is 17.0 Å². The lowest BCUT2D eigenvalue weighted by molar-refractivity contribution is 0.173. The van der Waals surface area contributed by atoms with Crippen LogP contribution >= 0.6 is 0 Å². The van der Waals surface area contributed by atoms with Gasteiger partial charge in [-0.15, -0.1) is 0 Å². The summed E-state index contributed by atoms with van der Waals surface area (Å²) in [5.41, 5.74) is 3.38. The lowest BCUT2D eigenvalue weighted by Gasteiger charge is -2.12. The van der Waals surface area contributed by atoms with Gasteiger partial charge in [0.05, 0.1) is 11.9 Å². The van der Waals surface area contributed by atoms with Crippen LogP contribution in [-0.2, 0) is 6.42 Å². The Morgan fingerprint density at radius 3 is 2.38 bits per heavy atom. The maximum absolute atomic E-state index is 13.7. The smallest absolute Gasteiger partial charge is 0.137 e. The summed E-state index contributed by atoms with van der Waals surface area (Å²) in [5, 5.41) is 0. The van der Waals surface area contributed by atoms with Crippen LogP contribution in [0.2, 0.25) is 0 Å². The first-order chi connectivity index (χ1) is 12.6. The van der Waals surface area contributed by atoms with Gasteiger partial charge in [0.1, 0.15) is 18.5 Å². The molecule has 1 unspecified atom stereocenters. The van der Waals surface area contributed by atoms with Crippen LogP contribution in [0.1, 0.15) is 58.4 Å². The molecule has 142 valence electrons. The molecule has 0 radical (unpaired) electrons. The van der Waals surface area contributed by atoms with Crippen molar-refractivity contribution in [3.63, 3.8) is 0 Å². The van der Waals surface area contributed by atoms with Crippen molar-refractivity contribution in [2.45, 2.75) is 65.5 Å². The normalized spacial score (nSPS) is 12.3. The first kappa shape index (κ1) is 20.4. The lowest BCUT2D eigenvalue weighted by Crippen LogP contribution is -2.15. The second kappa shape index (κ2) is 10.9. The van der Waals surface area contributed by atoms with Gasteiger partial charge in [0.25, 0.3) is 0 Å². The topological polar surface area (TPSA) is 22.1 Å². The predicted octanol–water partition coefficient (Wildman–Crippen LogP) is 6.63. The summed E-state index contributed by atoms with van der Waals surface area (Å²) in [6.07, 6.45) is 7.56. The molecule has 0 spiro atoms. The molecule has 0 amide bonds. The number of ether oxygens (including phenoxy) is 1. The fraction of sp³-hybridized carbons (Fsp3) is 0.522. The summed E-state index contributed by atoms with van der Waals surface area (Å²) in [4.78, 5) is 4.46. The Morgan fingerprint density at radius 2 is 1.77 bits per heavy atom. The third-order valence-electron chi connectivity index (χ3n) is 4.46. The third-order valence-corrected chi connectivity index (χ3v) is 4.46. The van der Waals surface area contributed by atoms with Crippen molar-refractivity contribution in [2.24, 2.45) is 5.92 Å². The molecular weight excluding hydrogens is 325 g/mol. The van der Waals surface area contributed by atoms with Crippen molar-refractivity contribution < 1.29 is 9.13 Å². The number of alkyl halides is 1. The summed E-state index contributed by atoms with van der Waals surface area (Å²) < 4.78 is 19.2. The minimum atomic E-state index is -0.931. The van der Waals surface area contributed by atoms with Crippen LogP contribution in [0.4, 0.5) is 4.39 Å². The van der Waals surface area contributed by atoms with E-state index in [2.05, 4.69) is 36.2 Å². The number of rotatable bonds is 11. The van der Waals surface area contributed by atoms with Crippen LogP contribution < -0.4 is 4.74 Å². The molecule has 1 aromatic carbocycles. The molecule has 0 saturated heterocycles. The van der Waals surface area contributed by atoms with Gasteiger partial charge in [-0.05, 0) is 42.9 Å². The maximum atomic E-state index is 13.7. The number of hydrogen-bond acceptors (Lipinski definition) is 2. The number of aromatic nitrogens is 1. The van der Waals surface area contributed by atoms with Crippen LogP contribution in [0.25, 0.3) is 11.3 Å². The average molecular weight is 358 g/mol. The molecule has 1 heterocycles. The van der Waals surface area contributed by atoms with E-state index in [1.165, 1.54) is 31.2 Å². The first-order valence-corrected chi connectivity index (χ1v) is 9.90. The molecule has 2 rings (SSSR count). The summed E-state index contributed by atoms with van der Waals surface area (Å²) >= 11 is 0. The van der Waals surface area contributed by atoms with Gasteiger partial charge in [-0.25, -0.2) is 4.39 Å². The van der Waals surface area contributed by atoms with Gasteiger partial charge in [-0.2, -0.15) is 0 Å². The molecule has 26 heavy (non-hydrogen) atoms. The van der Waals surface area contributed by atoms with Gasteiger partial charge in [0.2, 0.25) is 0 Å². The summed E-state index contributed by atoms with van der Waals surface area (Å²) in [6, 6.07) is 12.4. The third kappa shape index (κ3) is 7.15. The molecule has 1 aromatic heterocycles. The highest BCUT2D eigenvalue weighted by molar-refractivity contribution is 5.59. The number of nitrogens with zero attached hydrogens (tertiary/aromatic N) is 1. The monoisotopic (exact) mass is 357 g/mol. The highest BCUT2D eigenvalue weighted by Crippen LogP contribution is 2.21. The molecule has 0 bridgehead atoms. The van der Waals surface area contributed by atoms with Crippen LogP contribution in [0.3, 0.4) is 0 Å². The van der Waals surface area contributed by atoms with Crippen molar-refractivity contribution in [2.75, 3.05) is 6.61 Å². The second-order valence-electron chi connectivity index (χ2n) is 7.42. The predicted molar refractivity (Wildman–Crippen MR) is 107 cm³/mol.